The molecule has 0 aromatic rings. The lowest BCUT2D eigenvalue weighted by atomic mass is 10.2. The van der Waals surface area contributed by atoms with Gasteiger partial charge in [-0.05, 0) is 20.3 Å². The summed E-state index contributed by atoms with van der Waals surface area (Å²) < 4.78 is 4.92. The van der Waals surface area contributed by atoms with Gasteiger partial charge in [-0.1, -0.05) is 12.2 Å². The van der Waals surface area contributed by atoms with Crippen molar-refractivity contribution in [2.45, 2.75) is 32.7 Å². The van der Waals surface area contributed by atoms with Crippen molar-refractivity contribution in [1.29, 1.82) is 0 Å². The van der Waals surface area contributed by atoms with Crippen molar-refractivity contribution in [3.8, 4) is 0 Å². The van der Waals surface area contributed by atoms with Gasteiger partial charge in [-0.2, -0.15) is 0 Å². The molecule has 1 amide bonds. The van der Waals surface area contributed by atoms with Crippen molar-refractivity contribution in [3.05, 3.63) is 12.2 Å². The van der Waals surface area contributed by atoms with Crippen LogP contribution in [0.15, 0.2) is 12.2 Å². The van der Waals surface area contributed by atoms with Crippen LogP contribution >= 0.6 is 0 Å². The monoisotopic (exact) mass is 211 g/mol. The molecule has 0 aliphatic carbocycles. The maximum atomic E-state index is 11.5. The van der Waals surface area contributed by atoms with Gasteiger partial charge in [-0.25, -0.2) is 4.79 Å². The fourth-order valence-electron chi connectivity index (χ4n) is 1.71. The van der Waals surface area contributed by atoms with E-state index in [0.29, 0.717) is 26.0 Å². The Morgan fingerprint density at radius 3 is 2.87 bits per heavy atom. The van der Waals surface area contributed by atoms with Crippen LogP contribution in [0, 0.1) is 0 Å². The van der Waals surface area contributed by atoms with Crippen molar-refractivity contribution >= 4 is 11.9 Å². The van der Waals surface area contributed by atoms with E-state index in [1.165, 1.54) is 0 Å². The van der Waals surface area contributed by atoms with Gasteiger partial charge in [-0.3, -0.25) is 4.79 Å². The summed E-state index contributed by atoms with van der Waals surface area (Å²) in [5.41, 5.74) is 0.875. The molecule has 0 aromatic heterocycles. The molecule has 1 atom stereocenters. The highest BCUT2D eigenvalue weighted by molar-refractivity contribution is 5.88. The number of carbonyl (C=O) groups is 2. The minimum absolute atomic E-state index is 0.0102. The first-order valence-electron chi connectivity index (χ1n) is 5.16. The summed E-state index contributed by atoms with van der Waals surface area (Å²) in [7, 11) is 0. The van der Waals surface area contributed by atoms with E-state index < -0.39 is 6.04 Å². The predicted octanol–water partition coefficient (Wildman–Crippen LogP) is 1.12. The number of ether oxygens (including phenoxy) is 1. The molecule has 0 N–H and O–H groups in total. The van der Waals surface area contributed by atoms with Crippen molar-refractivity contribution in [2.75, 3.05) is 13.2 Å². The van der Waals surface area contributed by atoms with Gasteiger partial charge in [0.15, 0.2) is 0 Å². The van der Waals surface area contributed by atoms with Gasteiger partial charge < -0.3 is 9.64 Å². The SMILES string of the molecule is C=C(C)CN1C(=O)CC[C@H]1C(=O)OCC. The molecule has 0 spiro atoms. The Morgan fingerprint density at radius 1 is 1.67 bits per heavy atom. The van der Waals surface area contributed by atoms with E-state index in [9.17, 15) is 9.59 Å². The summed E-state index contributed by atoms with van der Waals surface area (Å²) in [5, 5.41) is 0. The Balaban J connectivity index is 2.67. The summed E-state index contributed by atoms with van der Waals surface area (Å²) in [4.78, 5) is 24.6. The number of hydrogen-bond acceptors (Lipinski definition) is 3. The summed E-state index contributed by atoms with van der Waals surface area (Å²) in [6.45, 7) is 8.15. The zero-order valence-corrected chi connectivity index (χ0v) is 9.28. The average Bonchev–Trinajstić information content (AvgIpc) is 2.48. The molecule has 15 heavy (non-hydrogen) atoms. The fraction of sp³-hybridized carbons (Fsp3) is 0.636. The first-order valence-corrected chi connectivity index (χ1v) is 5.16. The average molecular weight is 211 g/mol. The van der Waals surface area contributed by atoms with Gasteiger partial charge in [0.2, 0.25) is 5.91 Å². The Kier molecular flexibility index (Phi) is 3.88. The van der Waals surface area contributed by atoms with Gasteiger partial charge in [0.05, 0.1) is 6.61 Å². The number of rotatable bonds is 4. The van der Waals surface area contributed by atoms with Crippen molar-refractivity contribution in [1.82, 2.24) is 4.90 Å². The highest BCUT2D eigenvalue weighted by Gasteiger charge is 2.36. The van der Waals surface area contributed by atoms with Crippen LogP contribution in [0.4, 0.5) is 0 Å². The molecule has 0 unspecified atom stereocenters. The van der Waals surface area contributed by atoms with E-state index in [-0.39, 0.29) is 11.9 Å². The Bertz CT molecular complexity index is 286. The minimum atomic E-state index is -0.408. The molecule has 0 radical (unpaired) electrons. The molecular weight excluding hydrogens is 194 g/mol. The first-order chi connectivity index (χ1) is 7.06. The second-order valence-electron chi connectivity index (χ2n) is 3.79. The molecule has 1 aliphatic heterocycles. The molecule has 1 heterocycles. The molecule has 1 fully saturated rings. The van der Waals surface area contributed by atoms with E-state index in [2.05, 4.69) is 6.58 Å². The molecule has 0 saturated carbocycles. The molecule has 0 aromatic carbocycles. The lowest BCUT2D eigenvalue weighted by Crippen LogP contribution is -2.40. The maximum Gasteiger partial charge on any atom is 0.328 e. The van der Waals surface area contributed by atoms with E-state index in [1.807, 2.05) is 6.92 Å². The zero-order valence-electron chi connectivity index (χ0n) is 9.28. The first kappa shape index (κ1) is 11.8. The van der Waals surface area contributed by atoms with Crippen LogP contribution in [0.1, 0.15) is 26.7 Å². The summed E-state index contributed by atoms with van der Waals surface area (Å²) >= 11 is 0. The fourth-order valence-corrected chi connectivity index (χ4v) is 1.71. The normalized spacial score (nSPS) is 20.5. The van der Waals surface area contributed by atoms with Crippen LogP contribution in [-0.4, -0.2) is 36.0 Å². The number of likely N-dealkylation sites (tertiary alicyclic amines) is 1. The van der Waals surface area contributed by atoms with Crippen LogP contribution in [0.5, 0.6) is 0 Å². The zero-order chi connectivity index (χ0) is 11.4. The van der Waals surface area contributed by atoms with Crippen LogP contribution in [-0.2, 0) is 14.3 Å². The number of esters is 1. The van der Waals surface area contributed by atoms with E-state index in [4.69, 9.17) is 4.74 Å². The third-order valence-electron chi connectivity index (χ3n) is 2.33. The number of nitrogens with zero attached hydrogens (tertiary/aromatic N) is 1. The van der Waals surface area contributed by atoms with Gasteiger partial charge in [0, 0.05) is 13.0 Å². The lowest BCUT2D eigenvalue weighted by Gasteiger charge is -2.23. The van der Waals surface area contributed by atoms with Gasteiger partial charge in [-0.15, -0.1) is 0 Å². The minimum Gasteiger partial charge on any atom is -0.464 e. The van der Waals surface area contributed by atoms with Crippen LogP contribution in [0.3, 0.4) is 0 Å². The molecular formula is C11H17NO3. The Morgan fingerprint density at radius 2 is 2.33 bits per heavy atom. The predicted molar refractivity (Wildman–Crippen MR) is 56.2 cm³/mol. The Hall–Kier alpha value is -1.32. The molecule has 1 saturated heterocycles. The number of amides is 1. The second-order valence-corrected chi connectivity index (χ2v) is 3.79. The van der Waals surface area contributed by atoms with E-state index in [1.54, 1.807) is 11.8 Å². The summed E-state index contributed by atoms with van der Waals surface area (Å²) in [6, 6.07) is -0.408. The smallest absolute Gasteiger partial charge is 0.328 e. The number of carbonyl (C=O) groups excluding carboxylic acids is 2. The summed E-state index contributed by atoms with van der Waals surface area (Å²) in [5.74, 6) is -0.291. The molecule has 1 rings (SSSR count). The summed E-state index contributed by atoms with van der Waals surface area (Å²) in [6.07, 6.45) is 0.988. The van der Waals surface area contributed by atoms with Crippen molar-refractivity contribution < 1.29 is 14.3 Å². The van der Waals surface area contributed by atoms with Crippen molar-refractivity contribution in [3.63, 3.8) is 0 Å². The van der Waals surface area contributed by atoms with Gasteiger partial charge in [0.1, 0.15) is 6.04 Å². The van der Waals surface area contributed by atoms with E-state index >= 15 is 0 Å². The molecule has 4 nitrogen and oxygen atoms in total. The standard InChI is InChI=1S/C11H17NO3/c1-4-15-11(14)9-5-6-10(13)12(9)7-8(2)3/h9H,2,4-7H2,1,3H3/t9-/m0/s1. The largest absolute Gasteiger partial charge is 0.464 e. The molecule has 4 heteroatoms. The second kappa shape index (κ2) is 4.96. The molecule has 1 aliphatic rings. The quantitative estimate of drug-likeness (QED) is 0.517. The van der Waals surface area contributed by atoms with Crippen molar-refractivity contribution in [2.24, 2.45) is 0 Å². The third kappa shape index (κ3) is 2.81. The molecule has 84 valence electrons. The van der Waals surface area contributed by atoms with E-state index in [0.717, 1.165) is 5.57 Å². The topological polar surface area (TPSA) is 46.6 Å². The Labute approximate surface area is 89.9 Å². The van der Waals surface area contributed by atoms with Crippen LogP contribution < -0.4 is 0 Å². The highest BCUT2D eigenvalue weighted by atomic mass is 16.5. The van der Waals surface area contributed by atoms with Gasteiger partial charge in [0.25, 0.3) is 0 Å². The lowest BCUT2D eigenvalue weighted by molar-refractivity contribution is -0.151. The van der Waals surface area contributed by atoms with Gasteiger partial charge >= 0.3 is 5.97 Å². The van der Waals surface area contributed by atoms with Crippen LogP contribution in [0.2, 0.25) is 0 Å². The molecule has 0 bridgehead atoms. The van der Waals surface area contributed by atoms with Crippen LogP contribution in [0.25, 0.3) is 0 Å². The third-order valence-corrected chi connectivity index (χ3v) is 2.33. The highest BCUT2D eigenvalue weighted by Crippen LogP contribution is 2.20. The number of hydrogen-bond donors (Lipinski definition) is 0. The maximum absolute atomic E-state index is 11.5.